The van der Waals surface area contributed by atoms with Crippen LogP contribution < -0.4 is 16.2 Å². The van der Waals surface area contributed by atoms with Crippen LogP contribution in [0.1, 0.15) is 12.1 Å². The Kier molecular flexibility index (Phi) is 6.35. The van der Waals surface area contributed by atoms with E-state index in [0.717, 1.165) is 11.3 Å². The Balaban J connectivity index is 1.51. The molecule has 2 amide bonds. The normalized spacial score (nSPS) is 29.5. The van der Waals surface area contributed by atoms with E-state index in [2.05, 4.69) is 15.5 Å². The average Bonchev–Trinajstić information content (AvgIpc) is 3.34. The molecule has 3 aliphatic heterocycles. The maximum atomic E-state index is 12.9. The Hall–Kier alpha value is -2.68. The number of nitrogens with zero attached hydrogens (tertiary/aromatic N) is 4. The maximum absolute atomic E-state index is 12.9. The molecule has 2 saturated heterocycles. The Labute approximate surface area is 197 Å². The fourth-order valence-electron chi connectivity index (χ4n) is 4.45. The van der Waals surface area contributed by atoms with E-state index < -0.39 is 35.3 Å². The Morgan fingerprint density at radius 1 is 1.52 bits per heavy atom. The first kappa shape index (κ1) is 23.5. The summed E-state index contributed by atoms with van der Waals surface area (Å²) < 4.78 is 0.494. The van der Waals surface area contributed by atoms with Gasteiger partial charge in [-0.25, -0.2) is 4.98 Å². The van der Waals surface area contributed by atoms with Gasteiger partial charge in [0.2, 0.25) is 0 Å². The van der Waals surface area contributed by atoms with Crippen molar-refractivity contribution in [3.63, 3.8) is 0 Å². The minimum Gasteiger partial charge on any atom is -0.543 e. The van der Waals surface area contributed by atoms with E-state index in [-0.39, 0.29) is 22.2 Å². The molecule has 0 bridgehead atoms. The number of rotatable bonds is 7. The van der Waals surface area contributed by atoms with Gasteiger partial charge in [-0.1, -0.05) is 5.16 Å². The molecule has 0 spiro atoms. The third kappa shape index (κ3) is 4.43. The van der Waals surface area contributed by atoms with Crippen LogP contribution in [0.5, 0.6) is 0 Å². The van der Waals surface area contributed by atoms with Crippen molar-refractivity contribution >= 4 is 51.7 Å². The van der Waals surface area contributed by atoms with E-state index in [4.69, 9.17) is 10.6 Å². The number of β-lactam (4-membered cyclic amide) rings is 1. The molecule has 0 aliphatic carbocycles. The number of thiazole rings is 1. The third-order valence-electron chi connectivity index (χ3n) is 5.92. The molecule has 33 heavy (non-hydrogen) atoms. The Morgan fingerprint density at radius 2 is 2.27 bits per heavy atom. The number of fused-ring (bicyclic) bond motifs is 1. The van der Waals surface area contributed by atoms with Gasteiger partial charge in [-0.2, -0.15) is 0 Å². The predicted octanol–water partition coefficient (Wildman–Crippen LogP) is -2.31. The number of quaternary nitrogens is 1. The van der Waals surface area contributed by atoms with E-state index in [1.54, 1.807) is 5.38 Å². The van der Waals surface area contributed by atoms with Crippen LogP contribution in [0.25, 0.3) is 0 Å². The zero-order valence-corrected chi connectivity index (χ0v) is 19.6. The molecule has 2 fully saturated rings. The number of nitrogens with two attached hydrogens (primary N) is 1. The molecule has 178 valence electrons. The summed E-state index contributed by atoms with van der Waals surface area (Å²) >= 11 is 2.49. The van der Waals surface area contributed by atoms with Crippen molar-refractivity contribution in [2.75, 3.05) is 45.3 Å². The van der Waals surface area contributed by atoms with Crippen LogP contribution in [0.3, 0.4) is 0 Å². The number of aromatic nitrogens is 1. The summed E-state index contributed by atoms with van der Waals surface area (Å²) in [4.78, 5) is 47.6. The number of nitrogens with one attached hydrogen (secondary N) is 1. The van der Waals surface area contributed by atoms with E-state index in [1.807, 2.05) is 7.05 Å². The number of thioether (sulfide) groups is 1. The largest absolute Gasteiger partial charge is 0.543 e. The lowest BCUT2D eigenvalue weighted by atomic mass is 10.0. The number of anilines is 1. The van der Waals surface area contributed by atoms with Crippen LogP contribution in [0.15, 0.2) is 21.8 Å². The van der Waals surface area contributed by atoms with Crippen LogP contribution in [-0.2, 0) is 19.2 Å². The van der Waals surface area contributed by atoms with Gasteiger partial charge >= 0.3 is 0 Å². The predicted molar refractivity (Wildman–Crippen MR) is 119 cm³/mol. The lowest BCUT2D eigenvalue weighted by Gasteiger charge is -2.51. The molecule has 4 rings (SSSR count). The van der Waals surface area contributed by atoms with Gasteiger partial charge in [0.1, 0.15) is 43.4 Å². The van der Waals surface area contributed by atoms with Gasteiger partial charge in [0, 0.05) is 23.1 Å². The highest BCUT2D eigenvalue weighted by molar-refractivity contribution is 8.00. The number of nitrogen functional groups attached to an aromatic ring is 1. The molecule has 12 nitrogen and oxygen atoms in total. The molecule has 4 heterocycles. The molecule has 3 aliphatic rings. The number of carbonyl (C=O) groups is 3. The number of aliphatic hydroxyl groups excluding tert-OH is 1. The van der Waals surface area contributed by atoms with E-state index in [1.165, 1.54) is 23.8 Å². The highest BCUT2D eigenvalue weighted by Gasteiger charge is 2.54. The summed E-state index contributed by atoms with van der Waals surface area (Å²) in [6.07, 6.45) is 0.222. The zero-order chi connectivity index (χ0) is 23.9. The fraction of sp³-hybridized carbons (Fsp3) is 0.526. The molecule has 1 aromatic heterocycles. The van der Waals surface area contributed by atoms with Gasteiger partial charge in [0.25, 0.3) is 11.8 Å². The summed E-state index contributed by atoms with van der Waals surface area (Å²) in [6, 6.07) is -0.935. The van der Waals surface area contributed by atoms with Crippen molar-refractivity contribution in [2.24, 2.45) is 5.16 Å². The summed E-state index contributed by atoms with van der Waals surface area (Å²) in [5.41, 5.74) is 6.14. The highest BCUT2D eigenvalue weighted by atomic mass is 32.2. The highest BCUT2D eigenvalue weighted by Crippen LogP contribution is 2.41. The molecule has 3 unspecified atom stereocenters. The van der Waals surface area contributed by atoms with Crippen molar-refractivity contribution in [1.29, 1.82) is 0 Å². The van der Waals surface area contributed by atoms with Gasteiger partial charge in [0.05, 0.1) is 25.3 Å². The second-order valence-electron chi connectivity index (χ2n) is 8.42. The molecule has 4 N–H and O–H groups in total. The van der Waals surface area contributed by atoms with Gasteiger partial charge in [-0.05, 0) is 0 Å². The topological polar surface area (TPSA) is 170 Å². The Bertz CT molecular complexity index is 1060. The van der Waals surface area contributed by atoms with Gasteiger partial charge in [0.15, 0.2) is 10.8 Å². The molecule has 0 aromatic carbocycles. The lowest BCUT2D eigenvalue weighted by molar-refractivity contribution is -0.894. The second-order valence-corrected chi connectivity index (χ2v) is 10.4. The first-order valence-electron chi connectivity index (χ1n) is 10.2. The number of hydrogen-bond donors (Lipinski definition) is 3. The molecule has 14 heteroatoms. The number of oxime groups is 1. The molecule has 4 atom stereocenters. The summed E-state index contributed by atoms with van der Waals surface area (Å²) in [7, 11) is 3.23. The summed E-state index contributed by atoms with van der Waals surface area (Å²) in [5.74, 6) is -2.29. The van der Waals surface area contributed by atoms with Crippen molar-refractivity contribution in [3.05, 3.63) is 22.3 Å². The molecular formula is C19H24N6O6S2. The van der Waals surface area contributed by atoms with Gasteiger partial charge in [-0.3, -0.25) is 14.5 Å². The van der Waals surface area contributed by atoms with Crippen molar-refractivity contribution in [2.45, 2.75) is 23.9 Å². The second kappa shape index (κ2) is 8.93. The molecular weight excluding hydrogens is 472 g/mol. The van der Waals surface area contributed by atoms with Crippen LogP contribution in [0.4, 0.5) is 5.13 Å². The number of aliphatic hydroxyl groups is 1. The number of aliphatic carboxylic acids is 1. The van der Waals surface area contributed by atoms with Crippen LogP contribution in [0.2, 0.25) is 0 Å². The number of amides is 2. The van der Waals surface area contributed by atoms with Crippen molar-refractivity contribution in [1.82, 2.24) is 15.2 Å². The van der Waals surface area contributed by atoms with Crippen molar-refractivity contribution < 1.29 is 33.9 Å². The quantitative estimate of drug-likeness (QED) is 0.162. The fourth-order valence-corrected chi connectivity index (χ4v) is 6.33. The number of hydrogen-bond acceptors (Lipinski definition) is 11. The molecule has 0 saturated carbocycles. The van der Waals surface area contributed by atoms with Gasteiger partial charge in [-0.15, -0.1) is 23.1 Å². The van der Waals surface area contributed by atoms with E-state index >= 15 is 0 Å². The standard InChI is InChI=1S/C19H24N6O6S2/c1-25(4-3-10(26)6-25)5-9-7-32-17-13(16(28)24(17)14(9)18(29)30)22-15(27)12(23-31-2)11-8-33-19(20)21-11/h8,10,13,17,26H,3-7H2,1-2H3,(H3-,20,21,22,27,29,30)/b23-12-/t10?,13?,17-,25?/m0/s1. The van der Waals surface area contributed by atoms with Gasteiger partial charge < -0.3 is 35.4 Å². The SMILES string of the molecule is CO/N=C(\C(=O)NC1C(=O)N2C(C(=O)[O-])=C(C[N+]3(C)CCC(O)C3)CS[C@@H]12)c1csc(N)n1. The molecule has 1 aromatic rings. The van der Waals surface area contributed by atoms with E-state index in [0.29, 0.717) is 41.9 Å². The summed E-state index contributed by atoms with van der Waals surface area (Å²) in [6.45, 7) is 1.64. The van der Waals surface area contributed by atoms with E-state index in [9.17, 15) is 24.6 Å². The van der Waals surface area contributed by atoms with Crippen LogP contribution in [-0.4, -0.2) is 100 Å². The number of likely N-dealkylation sites (tertiary alicyclic amines) is 1. The average molecular weight is 497 g/mol. The molecule has 0 radical (unpaired) electrons. The number of carbonyl (C=O) groups excluding carboxylic acids is 3. The first-order valence-corrected chi connectivity index (χ1v) is 12.1. The zero-order valence-electron chi connectivity index (χ0n) is 18.0. The number of carboxylic acid groups (broad SMARTS) is 1. The summed E-state index contributed by atoms with van der Waals surface area (Å²) in [5, 5.41) is 29.4. The number of carboxylic acids is 1. The number of likely N-dealkylation sites (N-methyl/N-ethyl adjacent to an activating group) is 1. The Morgan fingerprint density at radius 3 is 2.85 bits per heavy atom. The maximum Gasteiger partial charge on any atom is 0.276 e. The minimum absolute atomic E-state index is 0.140. The monoisotopic (exact) mass is 496 g/mol. The lowest BCUT2D eigenvalue weighted by Crippen LogP contribution is -2.71. The minimum atomic E-state index is -1.43. The smallest absolute Gasteiger partial charge is 0.276 e. The third-order valence-corrected chi connectivity index (χ3v) is 7.93. The first-order chi connectivity index (χ1) is 15.6. The van der Waals surface area contributed by atoms with Crippen molar-refractivity contribution in [3.8, 4) is 0 Å². The van der Waals surface area contributed by atoms with Crippen LogP contribution in [0, 0.1) is 0 Å². The van der Waals surface area contributed by atoms with Crippen LogP contribution >= 0.6 is 23.1 Å².